The van der Waals surface area contributed by atoms with Crippen LogP contribution in [0.2, 0.25) is 0 Å². The quantitative estimate of drug-likeness (QED) is 0.786. The molecule has 1 N–H and O–H groups in total. The van der Waals surface area contributed by atoms with Crippen molar-refractivity contribution in [3.63, 3.8) is 0 Å². The molecule has 1 aromatic carbocycles. The topological polar surface area (TPSA) is 47.0 Å². The fraction of sp³-hybridized carbons (Fsp3) is 0.385. The van der Waals surface area contributed by atoms with Crippen LogP contribution in [0, 0.1) is 0 Å². The van der Waals surface area contributed by atoms with Crippen molar-refractivity contribution in [3.05, 3.63) is 33.7 Å². The average molecular weight is 342 g/mol. The lowest BCUT2D eigenvalue weighted by atomic mass is 10.2. The van der Waals surface area contributed by atoms with Crippen LogP contribution in [0.4, 0.5) is 0 Å². The lowest BCUT2D eigenvalue weighted by Crippen LogP contribution is -2.21. The van der Waals surface area contributed by atoms with Crippen molar-refractivity contribution < 1.29 is 4.74 Å². The van der Waals surface area contributed by atoms with Crippen LogP contribution < -0.4 is 5.32 Å². The molecular formula is C13H16BrN3OS. The van der Waals surface area contributed by atoms with Crippen molar-refractivity contribution in [2.75, 3.05) is 26.8 Å². The summed E-state index contributed by atoms with van der Waals surface area (Å²) in [6.45, 7) is 2.50. The number of methoxy groups -OCH3 is 1. The lowest BCUT2D eigenvalue weighted by Gasteiger charge is -2.01. The van der Waals surface area contributed by atoms with Crippen LogP contribution in [0.15, 0.2) is 28.7 Å². The molecule has 0 saturated carbocycles. The van der Waals surface area contributed by atoms with Crippen molar-refractivity contribution >= 4 is 27.3 Å². The zero-order chi connectivity index (χ0) is 13.5. The van der Waals surface area contributed by atoms with E-state index in [2.05, 4.69) is 31.4 Å². The maximum Gasteiger partial charge on any atom is 0.148 e. The first-order chi connectivity index (χ1) is 9.31. The van der Waals surface area contributed by atoms with Gasteiger partial charge >= 0.3 is 0 Å². The van der Waals surface area contributed by atoms with Crippen LogP contribution in [0.5, 0.6) is 0 Å². The molecule has 0 bridgehead atoms. The third-order valence-electron chi connectivity index (χ3n) is 2.57. The number of hydrogen-bond donors (Lipinski definition) is 1. The summed E-state index contributed by atoms with van der Waals surface area (Å²) >= 11 is 5.18. The van der Waals surface area contributed by atoms with Gasteiger partial charge in [0.2, 0.25) is 0 Å². The maximum absolute atomic E-state index is 4.98. The molecular weight excluding hydrogens is 326 g/mol. The second kappa shape index (κ2) is 7.69. The first kappa shape index (κ1) is 14.6. The zero-order valence-corrected chi connectivity index (χ0v) is 13.1. The fourth-order valence-corrected chi connectivity index (χ4v) is 3.08. The van der Waals surface area contributed by atoms with Gasteiger partial charge in [-0.15, -0.1) is 10.2 Å². The third kappa shape index (κ3) is 4.35. The fourth-order valence-electron chi connectivity index (χ4n) is 1.59. The molecule has 0 atom stereocenters. The summed E-state index contributed by atoms with van der Waals surface area (Å²) < 4.78 is 6.03. The summed E-state index contributed by atoms with van der Waals surface area (Å²) in [6.07, 6.45) is 0.895. The van der Waals surface area contributed by atoms with Gasteiger partial charge in [-0.25, -0.2) is 0 Å². The maximum atomic E-state index is 4.98. The average Bonchev–Trinajstić information content (AvgIpc) is 2.88. The molecule has 0 aliphatic carbocycles. The molecule has 0 saturated heterocycles. The Labute approximate surface area is 125 Å². The molecule has 102 valence electrons. The number of rotatable bonds is 7. The highest BCUT2D eigenvalue weighted by atomic mass is 79.9. The summed E-state index contributed by atoms with van der Waals surface area (Å²) in [5.41, 5.74) is 1.10. The smallest absolute Gasteiger partial charge is 0.148 e. The van der Waals surface area contributed by atoms with E-state index < -0.39 is 0 Å². The molecule has 0 spiro atoms. The predicted molar refractivity (Wildman–Crippen MR) is 81.5 cm³/mol. The minimum absolute atomic E-state index is 0.734. The summed E-state index contributed by atoms with van der Waals surface area (Å²) in [7, 11) is 1.70. The summed E-state index contributed by atoms with van der Waals surface area (Å²) in [5, 5.41) is 13.8. The monoisotopic (exact) mass is 341 g/mol. The molecule has 1 heterocycles. The second-order valence-corrected chi connectivity index (χ2v) is 5.89. The SMILES string of the molecule is COCCNCCc1nnc(-c2ccccc2Br)s1. The highest BCUT2D eigenvalue weighted by molar-refractivity contribution is 9.10. The first-order valence-corrected chi connectivity index (χ1v) is 7.69. The molecule has 0 aliphatic heterocycles. The van der Waals surface area contributed by atoms with Gasteiger partial charge in [0.15, 0.2) is 0 Å². The summed E-state index contributed by atoms with van der Waals surface area (Å²) in [4.78, 5) is 0. The number of benzene rings is 1. The van der Waals surface area contributed by atoms with E-state index in [0.29, 0.717) is 0 Å². The Morgan fingerprint density at radius 3 is 2.89 bits per heavy atom. The molecule has 0 radical (unpaired) electrons. The number of halogens is 1. The van der Waals surface area contributed by atoms with Gasteiger partial charge in [0.1, 0.15) is 10.0 Å². The Morgan fingerprint density at radius 1 is 1.26 bits per heavy atom. The number of nitrogens with zero attached hydrogens (tertiary/aromatic N) is 2. The number of aromatic nitrogens is 2. The van der Waals surface area contributed by atoms with Gasteiger partial charge in [-0.05, 0) is 6.07 Å². The Hall–Kier alpha value is -0.820. The van der Waals surface area contributed by atoms with E-state index >= 15 is 0 Å². The lowest BCUT2D eigenvalue weighted by molar-refractivity contribution is 0.199. The Balaban J connectivity index is 1.91. The third-order valence-corrected chi connectivity index (χ3v) is 4.28. The van der Waals surface area contributed by atoms with Crippen LogP contribution in [0.3, 0.4) is 0 Å². The molecule has 0 unspecified atom stereocenters. The van der Waals surface area contributed by atoms with Gasteiger partial charge in [0, 0.05) is 36.7 Å². The number of nitrogens with one attached hydrogen (secondary N) is 1. The largest absolute Gasteiger partial charge is 0.383 e. The standard InChI is InChI=1S/C13H16BrN3OS/c1-18-9-8-15-7-6-12-16-17-13(19-12)10-4-2-3-5-11(10)14/h2-5,15H,6-9H2,1H3. The van der Waals surface area contributed by atoms with Gasteiger partial charge in [-0.2, -0.15) is 0 Å². The molecule has 19 heavy (non-hydrogen) atoms. The van der Waals surface area contributed by atoms with Crippen LogP contribution in [0.25, 0.3) is 10.6 Å². The van der Waals surface area contributed by atoms with E-state index in [1.54, 1.807) is 18.4 Å². The number of ether oxygens (including phenoxy) is 1. The highest BCUT2D eigenvalue weighted by Gasteiger charge is 2.08. The Morgan fingerprint density at radius 2 is 2.11 bits per heavy atom. The van der Waals surface area contributed by atoms with Crippen molar-refractivity contribution in [1.82, 2.24) is 15.5 Å². The molecule has 1 aromatic heterocycles. The first-order valence-electron chi connectivity index (χ1n) is 6.08. The normalized spacial score (nSPS) is 10.8. The van der Waals surface area contributed by atoms with Crippen molar-refractivity contribution in [2.24, 2.45) is 0 Å². The summed E-state index contributed by atoms with van der Waals surface area (Å²) in [5.74, 6) is 0. The molecule has 2 aromatic rings. The predicted octanol–water partition coefficient (Wildman–Crippen LogP) is 2.75. The van der Waals surface area contributed by atoms with E-state index in [0.717, 1.165) is 46.2 Å². The van der Waals surface area contributed by atoms with E-state index in [4.69, 9.17) is 4.74 Å². The van der Waals surface area contributed by atoms with Gasteiger partial charge < -0.3 is 10.1 Å². The van der Waals surface area contributed by atoms with Crippen LogP contribution >= 0.6 is 27.3 Å². The van der Waals surface area contributed by atoms with E-state index in [9.17, 15) is 0 Å². The minimum atomic E-state index is 0.734. The van der Waals surface area contributed by atoms with Gasteiger partial charge in [0.25, 0.3) is 0 Å². The highest BCUT2D eigenvalue weighted by Crippen LogP contribution is 2.30. The Bertz CT molecular complexity index is 518. The van der Waals surface area contributed by atoms with Crippen molar-refractivity contribution in [1.29, 1.82) is 0 Å². The van der Waals surface area contributed by atoms with E-state index in [-0.39, 0.29) is 0 Å². The molecule has 0 amide bonds. The second-order valence-electron chi connectivity index (χ2n) is 3.97. The van der Waals surface area contributed by atoms with Crippen LogP contribution in [0.1, 0.15) is 5.01 Å². The van der Waals surface area contributed by atoms with E-state index in [1.165, 1.54) is 0 Å². The zero-order valence-electron chi connectivity index (χ0n) is 10.7. The Kier molecular flexibility index (Phi) is 5.91. The minimum Gasteiger partial charge on any atom is -0.383 e. The van der Waals surface area contributed by atoms with Crippen molar-refractivity contribution in [3.8, 4) is 10.6 Å². The van der Waals surface area contributed by atoms with Gasteiger partial charge in [0.05, 0.1) is 6.61 Å². The van der Waals surface area contributed by atoms with Crippen LogP contribution in [-0.2, 0) is 11.2 Å². The molecule has 2 rings (SSSR count). The molecule has 0 fully saturated rings. The van der Waals surface area contributed by atoms with Crippen LogP contribution in [-0.4, -0.2) is 37.0 Å². The van der Waals surface area contributed by atoms with Gasteiger partial charge in [-0.1, -0.05) is 45.5 Å². The summed E-state index contributed by atoms with van der Waals surface area (Å²) in [6, 6.07) is 8.07. The van der Waals surface area contributed by atoms with Crippen molar-refractivity contribution in [2.45, 2.75) is 6.42 Å². The number of hydrogen-bond acceptors (Lipinski definition) is 5. The molecule has 0 aliphatic rings. The molecule has 4 nitrogen and oxygen atoms in total. The van der Waals surface area contributed by atoms with Gasteiger partial charge in [-0.3, -0.25) is 0 Å². The van der Waals surface area contributed by atoms with E-state index in [1.807, 2.05) is 24.3 Å². The molecule has 6 heteroatoms.